The van der Waals surface area contributed by atoms with Crippen molar-refractivity contribution in [2.45, 2.75) is 26.1 Å². The summed E-state index contributed by atoms with van der Waals surface area (Å²) < 4.78 is 5.17. The molecule has 0 fully saturated rings. The monoisotopic (exact) mass is 173 g/mol. The van der Waals surface area contributed by atoms with Crippen LogP contribution in [0.2, 0.25) is 0 Å². The van der Waals surface area contributed by atoms with Crippen molar-refractivity contribution >= 4 is 11.6 Å². The van der Waals surface area contributed by atoms with Crippen molar-refractivity contribution in [3.05, 3.63) is 17.8 Å². The SMILES string of the molecule is CC(C)Cc1ocnc1CCl. The van der Waals surface area contributed by atoms with Crippen molar-refractivity contribution in [2.24, 2.45) is 5.92 Å². The first kappa shape index (κ1) is 8.60. The van der Waals surface area contributed by atoms with Crippen LogP contribution in [-0.2, 0) is 12.3 Å². The van der Waals surface area contributed by atoms with E-state index in [0.717, 1.165) is 17.9 Å². The predicted molar refractivity (Wildman–Crippen MR) is 44.6 cm³/mol. The number of halogens is 1. The van der Waals surface area contributed by atoms with Crippen LogP contribution in [0.3, 0.4) is 0 Å². The summed E-state index contributed by atoms with van der Waals surface area (Å²) in [4.78, 5) is 3.99. The van der Waals surface area contributed by atoms with Gasteiger partial charge in [0, 0.05) is 6.42 Å². The molecule has 0 aliphatic heterocycles. The molecule has 0 bridgehead atoms. The maximum absolute atomic E-state index is 5.63. The van der Waals surface area contributed by atoms with E-state index in [4.69, 9.17) is 16.0 Å². The van der Waals surface area contributed by atoms with Gasteiger partial charge in [-0.1, -0.05) is 13.8 Å². The summed E-state index contributed by atoms with van der Waals surface area (Å²) in [5.41, 5.74) is 0.875. The third-order valence-electron chi connectivity index (χ3n) is 1.45. The molecule has 0 atom stereocenters. The van der Waals surface area contributed by atoms with Gasteiger partial charge in [-0.3, -0.25) is 0 Å². The minimum atomic E-state index is 0.443. The molecule has 0 spiro atoms. The molecule has 0 saturated heterocycles. The van der Waals surface area contributed by atoms with Crippen LogP contribution in [0, 0.1) is 5.92 Å². The van der Waals surface area contributed by atoms with Gasteiger partial charge >= 0.3 is 0 Å². The van der Waals surface area contributed by atoms with E-state index in [1.807, 2.05) is 0 Å². The molecule has 11 heavy (non-hydrogen) atoms. The van der Waals surface area contributed by atoms with Crippen LogP contribution in [0.15, 0.2) is 10.8 Å². The van der Waals surface area contributed by atoms with Crippen molar-refractivity contribution in [3.63, 3.8) is 0 Å². The second-order valence-electron chi connectivity index (χ2n) is 2.95. The van der Waals surface area contributed by atoms with Crippen LogP contribution in [0.5, 0.6) is 0 Å². The molecule has 0 unspecified atom stereocenters. The third-order valence-corrected chi connectivity index (χ3v) is 1.70. The first-order valence-corrected chi connectivity index (χ1v) is 4.24. The molecule has 0 aliphatic rings. The Hall–Kier alpha value is -0.500. The summed E-state index contributed by atoms with van der Waals surface area (Å²) in [5.74, 6) is 1.96. The summed E-state index contributed by atoms with van der Waals surface area (Å²) in [6.45, 7) is 4.28. The molecular formula is C8H12ClNO. The van der Waals surface area contributed by atoms with Gasteiger partial charge in [0.25, 0.3) is 0 Å². The highest BCUT2D eigenvalue weighted by Gasteiger charge is 2.07. The fraction of sp³-hybridized carbons (Fsp3) is 0.625. The van der Waals surface area contributed by atoms with Crippen LogP contribution >= 0.6 is 11.6 Å². The minimum Gasteiger partial charge on any atom is -0.448 e. The molecule has 0 N–H and O–H groups in total. The molecule has 0 aliphatic carbocycles. The summed E-state index contributed by atoms with van der Waals surface area (Å²) in [6.07, 6.45) is 2.37. The van der Waals surface area contributed by atoms with Gasteiger partial charge in [0.1, 0.15) is 5.76 Å². The third kappa shape index (κ3) is 2.22. The van der Waals surface area contributed by atoms with E-state index in [9.17, 15) is 0 Å². The topological polar surface area (TPSA) is 26.0 Å². The number of nitrogens with zero attached hydrogens (tertiary/aromatic N) is 1. The Balaban J connectivity index is 2.68. The predicted octanol–water partition coefficient (Wildman–Crippen LogP) is 2.61. The number of rotatable bonds is 3. The Kier molecular flexibility index (Phi) is 2.94. The number of hydrogen-bond donors (Lipinski definition) is 0. The molecular weight excluding hydrogens is 162 g/mol. The van der Waals surface area contributed by atoms with Crippen LogP contribution in [0.1, 0.15) is 25.3 Å². The second kappa shape index (κ2) is 3.77. The molecule has 0 saturated carbocycles. The van der Waals surface area contributed by atoms with Gasteiger partial charge < -0.3 is 4.42 Å². The van der Waals surface area contributed by atoms with E-state index >= 15 is 0 Å². The van der Waals surface area contributed by atoms with Crippen LogP contribution in [-0.4, -0.2) is 4.98 Å². The molecule has 1 aromatic heterocycles. The highest BCUT2D eigenvalue weighted by molar-refractivity contribution is 6.16. The average Bonchev–Trinajstić information content (AvgIpc) is 2.34. The summed E-state index contributed by atoms with van der Waals surface area (Å²) in [6, 6.07) is 0. The Morgan fingerprint density at radius 2 is 2.36 bits per heavy atom. The van der Waals surface area contributed by atoms with Gasteiger partial charge in [0.2, 0.25) is 0 Å². The quantitative estimate of drug-likeness (QED) is 0.657. The number of hydrogen-bond acceptors (Lipinski definition) is 2. The van der Waals surface area contributed by atoms with E-state index in [2.05, 4.69) is 18.8 Å². The van der Waals surface area contributed by atoms with Gasteiger partial charge in [-0.05, 0) is 5.92 Å². The molecule has 2 nitrogen and oxygen atoms in total. The van der Waals surface area contributed by atoms with Crippen molar-refractivity contribution in [1.82, 2.24) is 4.98 Å². The highest BCUT2D eigenvalue weighted by Crippen LogP contribution is 2.13. The molecule has 0 radical (unpaired) electrons. The molecule has 62 valence electrons. The normalized spacial score (nSPS) is 10.9. The van der Waals surface area contributed by atoms with E-state index < -0.39 is 0 Å². The summed E-state index contributed by atoms with van der Waals surface area (Å²) in [5, 5.41) is 0. The van der Waals surface area contributed by atoms with Gasteiger partial charge in [0.05, 0.1) is 11.6 Å². The molecule has 0 aromatic carbocycles. The smallest absolute Gasteiger partial charge is 0.181 e. The zero-order valence-electron chi connectivity index (χ0n) is 6.80. The molecule has 1 heterocycles. The second-order valence-corrected chi connectivity index (χ2v) is 3.22. The van der Waals surface area contributed by atoms with Gasteiger partial charge in [-0.25, -0.2) is 4.98 Å². The fourth-order valence-corrected chi connectivity index (χ4v) is 1.16. The summed E-state index contributed by atoms with van der Waals surface area (Å²) in [7, 11) is 0. The molecule has 1 aromatic rings. The van der Waals surface area contributed by atoms with Gasteiger partial charge in [-0.2, -0.15) is 0 Å². The van der Waals surface area contributed by atoms with Gasteiger partial charge in [-0.15, -0.1) is 11.6 Å². The lowest BCUT2D eigenvalue weighted by molar-refractivity contribution is 0.466. The standard InChI is InChI=1S/C8H12ClNO/c1-6(2)3-8-7(4-9)10-5-11-8/h5-6H,3-4H2,1-2H3. The van der Waals surface area contributed by atoms with Crippen molar-refractivity contribution < 1.29 is 4.42 Å². The largest absolute Gasteiger partial charge is 0.448 e. The maximum atomic E-state index is 5.63. The van der Waals surface area contributed by atoms with Crippen molar-refractivity contribution in [2.75, 3.05) is 0 Å². The number of alkyl halides is 1. The van der Waals surface area contributed by atoms with Crippen LogP contribution in [0.4, 0.5) is 0 Å². The van der Waals surface area contributed by atoms with Crippen LogP contribution < -0.4 is 0 Å². The van der Waals surface area contributed by atoms with Gasteiger partial charge in [0.15, 0.2) is 6.39 Å². The number of oxazole rings is 1. The van der Waals surface area contributed by atoms with E-state index in [1.165, 1.54) is 6.39 Å². The average molecular weight is 174 g/mol. The first-order chi connectivity index (χ1) is 5.24. The lowest BCUT2D eigenvalue weighted by atomic mass is 10.1. The fourth-order valence-electron chi connectivity index (χ4n) is 0.939. The molecule has 3 heteroatoms. The first-order valence-electron chi connectivity index (χ1n) is 3.71. The Morgan fingerprint density at radius 1 is 1.64 bits per heavy atom. The van der Waals surface area contributed by atoms with E-state index in [-0.39, 0.29) is 0 Å². The summed E-state index contributed by atoms with van der Waals surface area (Å²) >= 11 is 5.63. The van der Waals surface area contributed by atoms with E-state index in [0.29, 0.717) is 11.8 Å². The lowest BCUT2D eigenvalue weighted by Gasteiger charge is -2.00. The Morgan fingerprint density at radius 3 is 2.91 bits per heavy atom. The number of aromatic nitrogens is 1. The maximum Gasteiger partial charge on any atom is 0.181 e. The molecule has 0 amide bonds. The Bertz CT molecular complexity index is 220. The zero-order valence-corrected chi connectivity index (χ0v) is 7.56. The minimum absolute atomic E-state index is 0.443. The zero-order chi connectivity index (χ0) is 8.27. The lowest BCUT2D eigenvalue weighted by Crippen LogP contribution is -1.95. The Labute approximate surface area is 71.6 Å². The highest BCUT2D eigenvalue weighted by atomic mass is 35.5. The van der Waals surface area contributed by atoms with Crippen molar-refractivity contribution in [3.8, 4) is 0 Å². The van der Waals surface area contributed by atoms with E-state index in [1.54, 1.807) is 0 Å². The molecule has 1 rings (SSSR count). The van der Waals surface area contributed by atoms with Crippen LogP contribution in [0.25, 0.3) is 0 Å². The van der Waals surface area contributed by atoms with Crippen molar-refractivity contribution in [1.29, 1.82) is 0 Å².